The van der Waals surface area contributed by atoms with Gasteiger partial charge in [-0.25, -0.2) is 0 Å². The van der Waals surface area contributed by atoms with E-state index in [0.717, 1.165) is 35.0 Å². The summed E-state index contributed by atoms with van der Waals surface area (Å²) < 4.78 is 0. The number of fused-ring (bicyclic) bond motifs is 1. The first-order chi connectivity index (χ1) is 9.72. The van der Waals surface area contributed by atoms with Gasteiger partial charge in [0.2, 0.25) is 0 Å². The SMILES string of the molecule is CCC(CC)N(CCO)c1ccc(N)c2cnccc12. The smallest absolute Gasteiger partial charge is 0.0606 e. The predicted octanol–water partition coefficient (Wildman–Crippen LogP) is 2.80. The van der Waals surface area contributed by atoms with E-state index in [2.05, 4.69) is 23.7 Å². The Morgan fingerprint density at radius 1 is 1.20 bits per heavy atom. The van der Waals surface area contributed by atoms with Crippen LogP contribution in [0, 0.1) is 0 Å². The summed E-state index contributed by atoms with van der Waals surface area (Å²) in [7, 11) is 0. The Morgan fingerprint density at radius 3 is 2.60 bits per heavy atom. The summed E-state index contributed by atoms with van der Waals surface area (Å²) in [5, 5.41) is 11.5. The highest BCUT2D eigenvalue weighted by Crippen LogP contribution is 2.32. The van der Waals surface area contributed by atoms with Crippen molar-refractivity contribution in [2.24, 2.45) is 0 Å². The van der Waals surface area contributed by atoms with Crippen molar-refractivity contribution in [1.29, 1.82) is 0 Å². The molecule has 0 aliphatic rings. The van der Waals surface area contributed by atoms with E-state index in [4.69, 9.17) is 5.73 Å². The number of aliphatic hydroxyl groups excluding tert-OH is 1. The second-order valence-corrected chi connectivity index (χ2v) is 4.98. The molecule has 0 saturated heterocycles. The van der Waals surface area contributed by atoms with E-state index >= 15 is 0 Å². The summed E-state index contributed by atoms with van der Waals surface area (Å²) in [6.07, 6.45) is 5.69. The van der Waals surface area contributed by atoms with E-state index in [-0.39, 0.29) is 6.61 Å². The number of hydrogen-bond donors (Lipinski definition) is 2. The van der Waals surface area contributed by atoms with E-state index in [1.54, 1.807) is 12.4 Å². The minimum Gasteiger partial charge on any atom is -0.398 e. The van der Waals surface area contributed by atoms with Crippen LogP contribution in [0.1, 0.15) is 26.7 Å². The van der Waals surface area contributed by atoms with Gasteiger partial charge in [0.1, 0.15) is 0 Å². The Morgan fingerprint density at radius 2 is 1.95 bits per heavy atom. The Hall–Kier alpha value is -1.81. The fraction of sp³-hybridized carbons (Fsp3) is 0.438. The maximum absolute atomic E-state index is 9.39. The molecule has 0 saturated carbocycles. The second kappa shape index (κ2) is 6.57. The standard InChI is InChI=1S/C16H23N3O/c1-3-12(4-2)19(9-10-20)16-6-5-15(17)14-11-18-8-7-13(14)16/h5-8,11-12,20H,3-4,9-10,17H2,1-2H3. The van der Waals surface area contributed by atoms with E-state index in [0.29, 0.717) is 12.6 Å². The number of hydrogen-bond acceptors (Lipinski definition) is 4. The van der Waals surface area contributed by atoms with Gasteiger partial charge in [-0.1, -0.05) is 13.8 Å². The number of nitrogen functional groups attached to an aromatic ring is 1. The summed E-state index contributed by atoms with van der Waals surface area (Å²) in [6, 6.07) is 6.38. The van der Waals surface area contributed by atoms with Gasteiger partial charge in [-0.3, -0.25) is 4.98 Å². The summed E-state index contributed by atoms with van der Waals surface area (Å²) >= 11 is 0. The Kier molecular flexibility index (Phi) is 4.79. The van der Waals surface area contributed by atoms with Crippen molar-refractivity contribution in [3.05, 3.63) is 30.6 Å². The zero-order chi connectivity index (χ0) is 14.5. The number of anilines is 2. The Balaban J connectivity index is 2.56. The molecule has 2 rings (SSSR count). The summed E-state index contributed by atoms with van der Waals surface area (Å²) in [4.78, 5) is 6.44. The van der Waals surface area contributed by atoms with Gasteiger partial charge in [-0.15, -0.1) is 0 Å². The number of benzene rings is 1. The monoisotopic (exact) mass is 273 g/mol. The van der Waals surface area contributed by atoms with Crippen LogP contribution >= 0.6 is 0 Å². The largest absolute Gasteiger partial charge is 0.398 e. The average molecular weight is 273 g/mol. The lowest BCUT2D eigenvalue weighted by atomic mass is 10.0. The van der Waals surface area contributed by atoms with Crippen molar-refractivity contribution in [3.63, 3.8) is 0 Å². The molecule has 108 valence electrons. The van der Waals surface area contributed by atoms with Gasteiger partial charge in [0.15, 0.2) is 0 Å². The molecule has 1 aromatic carbocycles. The van der Waals surface area contributed by atoms with Gasteiger partial charge in [0, 0.05) is 47.1 Å². The molecule has 0 radical (unpaired) electrons. The molecule has 0 amide bonds. The van der Waals surface area contributed by atoms with Crippen molar-refractivity contribution in [1.82, 2.24) is 4.98 Å². The number of nitrogens with two attached hydrogens (primary N) is 1. The summed E-state index contributed by atoms with van der Waals surface area (Å²) in [6.45, 7) is 5.14. The number of pyridine rings is 1. The second-order valence-electron chi connectivity index (χ2n) is 4.98. The fourth-order valence-corrected chi connectivity index (χ4v) is 2.78. The van der Waals surface area contributed by atoms with Crippen LogP contribution in [0.15, 0.2) is 30.6 Å². The average Bonchev–Trinajstić information content (AvgIpc) is 2.48. The molecular formula is C16H23N3O. The van der Waals surface area contributed by atoms with Crippen molar-refractivity contribution >= 4 is 22.1 Å². The lowest BCUT2D eigenvalue weighted by Crippen LogP contribution is -2.36. The molecule has 4 heteroatoms. The molecule has 20 heavy (non-hydrogen) atoms. The van der Waals surface area contributed by atoms with E-state index in [1.165, 1.54) is 0 Å². The van der Waals surface area contributed by atoms with E-state index in [9.17, 15) is 5.11 Å². The van der Waals surface area contributed by atoms with Gasteiger partial charge in [-0.2, -0.15) is 0 Å². The lowest BCUT2D eigenvalue weighted by molar-refractivity contribution is 0.296. The summed E-state index contributed by atoms with van der Waals surface area (Å²) in [5.41, 5.74) is 7.90. The number of aliphatic hydroxyl groups is 1. The maximum Gasteiger partial charge on any atom is 0.0606 e. The molecule has 4 nitrogen and oxygen atoms in total. The van der Waals surface area contributed by atoms with Crippen LogP contribution in [-0.4, -0.2) is 29.3 Å². The van der Waals surface area contributed by atoms with Crippen molar-refractivity contribution in [2.45, 2.75) is 32.7 Å². The maximum atomic E-state index is 9.39. The fourth-order valence-electron chi connectivity index (χ4n) is 2.78. The van der Waals surface area contributed by atoms with Crippen LogP contribution in [0.3, 0.4) is 0 Å². The summed E-state index contributed by atoms with van der Waals surface area (Å²) in [5.74, 6) is 0. The molecule has 1 aromatic heterocycles. The molecule has 0 aliphatic heterocycles. The highest BCUT2D eigenvalue weighted by molar-refractivity contribution is 6.00. The Bertz CT molecular complexity index is 567. The third kappa shape index (κ3) is 2.70. The van der Waals surface area contributed by atoms with Gasteiger partial charge in [0.05, 0.1) is 6.61 Å². The molecule has 0 aliphatic carbocycles. The highest BCUT2D eigenvalue weighted by atomic mass is 16.3. The molecule has 3 N–H and O–H groups in total. The first kappa shape index (κ1) is 14.6. The van der Waals surface area contributed by atoms with Gasteiger partial charge >= 0.3 is 0 Å². The minimum absolute atomic E-state index is 0.146. The third-order valence-electron chi connectivity index (χ3n) is 3.86. The third-order valence-corrected chi connectivity index (χ3v) is 3.86. The number of rotatable bonds is 6. The van der Waals surface area contributed by atoms with Crippen LogP contribution in [-0.2, 0) is 0 Å². The first-order valence-electron chi connectivity index (χ1n) is 7.22. The van der Waals surface area contributed by atoms with Crippen molar-refractivity contribution in [3.8, 4) is 0 Å². The molecule has 0 unspecified atom stereocenters. The van der Waals surface area contributed by atoms with Crippen LogP contribution in [0.25, 0.3) is 10.8 Å². The molecule has 0 spiro atoms. The van der Waals surface area contributed by atoms with Gasteiger partial charge < -0.3 is 15.7 Å². The highest BCUT2D eigenvalue weighted by Gasteiger charge is 2.18. The van der Waals surface area contributed by atoms with Crippen LogP contribution in [0.4, 0.5) is 11.4 Å². The lowest BCUT2D eigenvalue weighted by Gasteiger charge is -2.33. The topological polar surface area (TPSA) is 62.4 Å². The minimum atomic E-state index is 0.146. The molecule has 0 bridgehead atoms. The zero-order valence-corrected chi connectivity index (χ0v) is 12.2. The number of aromatic nitrogens is 1. The van der Waals surface area contributed by atoms with E-state index in [1.807, 2.05) is 18.2 Å². The predicted molar refractivity (Wildman–Crippen MR) is 85.0 cm³/mol. The first-order valence-corrected chi connectivity index (χ1v) is 7.22. The van der Waals surface area contributed by atoms with Gasteiger partial charge in [-0.05, 0) is 31.0 Å². The quantitative estimate of drug-likeness (QED) is 0.794. The van der Waals surface area contributed by atoms with Gasteiger partial charge in [0.25, 0.3) is 0 Å². The van der Waals surface area contributed by atoms with Crippen molar-refractivity contribution < 1.29 is 5.11 Å². The molecule has 1 heterocycles. The number of nitrogens with zero attached hydrogens (tertiary/aromatic N) is 2. The van der Waals surface area contributed by atoms with Crippen LogP contribution < -0.4 is 10.6 Å². The van der Waals surface area contributed by atoms with Crippen molar-refractivity contribution in [2.75, 3.05) is 23.8 Å². The zero-order valence-electron chi connectivity index (χ0n) is 12.2. The molecular weight excluding hydrogens is 250 g/mol. The normalized spacial score (nSPS) is 11.2. The molecule has 2 aromatic rings. The van der Waals surface area contributed by atoms with Crippen LogP contribution in [0.5, 0.6) is 0 Å². The molecule has 0 atom stereocenters. The molecule has 0 fully saturated rings. The van der Waals surface area contributed by atoms with E-state index < -0.39 is 0 Å². The van der Waals surface area contributed by atoms with Crippen LogP contribution in [0.2, 0.25) is 0 Å². The Labute approximate surface area is 120 Å².